The third kappa shape index (κ3) is 2.74. The van der Waals surface area contributed by atoms with Crippen LogP contribution in [-0.4, -0.2) is 10.2 Å². The number of rotatable bonds is 2. The van der Waals surface area contributed by atoms with Crippen molar-refractivity contribution in [2.45, 2.75) is 20.8 Å². The minimum Gasteiger partial charge on any atom is -0.437 e. The maximum atomic E-state index is 9.20. The van der Waals surface area contributed by atoms with Crippen LogP contribution in [0.1, 0.15) is 22.4 Å². The molecule has 1 aromatic carbocycles. The topological polar surface area (TPSA) is 58.8 Å². The van der Waals surface area contributed by atoms with Gasteiger partial charge >= 0.3 is 0 Å². The fourth-order valence-electron chi connectivity index (χ4n) is 1.58. The van der Waals surface area contributed by atoms with Gasteiger partial charge in [-0.05, 0) is 50.1 Å². The first-order valence-corrected chi connectivity index (χ1v) is 6.50. The quantitative estimate of drug-likeness (QED) is 0.844. The molecule has 0 atom stereocenters. The highest BCUT2D eigenvalue weighted by molar-refractivity contribution is 9.10. The van der Waals surface area contributed by atoms with Gasteiger partial charge in [-0.3, -0.25) is 0 Å². The van der Waals surface area contributed by atoms with E-state index >= 15 is 0 Å². The SMILES string of the molecule is Cc1cc(Oc2nnc(C)c(C)c2C#N)ccc1Br. The van der Waals surface area contributed by atoms with Crippen molar-refractivity contribution in [3.05, 3.63) is 45.1 Å². The summed E-state index contributed by atoms with van der Waals surface area (Å²) in [5.74, 6) is 0.877. The second-order valence-corrected chi connectivity index (χ2v) is 5.07. The van der Waals surface area contributed by atoms with Gasteiger partial charge in [-0.1, -0.05) is 15.9 Å². The highest BCUT2D eigenvalue weighted by Gasteiger charge is 2.13. The molecule has 1 aromatic heterocycles. The molecule has 0 saturated heterocycles. The molecule has 0 aliphatic heterocycles. The lowest BCUT2D eigenvalue weighted by atomic mass is 10.1. The van der Waals surface area contributed by atoms with Crippen LogP contribution in [0.3, 0.4) is 0 Å². The standard InChI is InChI=1S/C14H12BrN3O/c1-8-6-11(4-5-13(8)15)19-14-12(7-16)9(2)10(3)17-18-14/h4-6H,1-3H3. The molecule has 0 saturated carbocycles. The molecular weight excluding hydrogens is 306 g/mol. The maximum absolute atomic E-state index is 9.20. The Labute approximate surface area is 120 Å². The van der Waals surface area contributed by atoms with Gasteiger partial charge in [0, 0.05) is 4.47 Å². The molecule has 96 valence electrons. The van der Waals surface area contributed by atoms with E-state index in [2.05, 4.69) is 32.2 Å². The molecule has 2 aromatic rings. The van der Waals surface area contributed by atoms with E-state index in [1.165, 1.54) is 0 Å². The molecule has 0 aliphatic rings. The molecular formula is C14H12BrN3O. The summed E-state index contributed by atoms with van der Waals surface area (Å²) in [6, 6.07) is 7.70. The van der Waals surface area contributed by atoms with Gasteiger partial charge in [0.25, 0.3) is 5.88 Å². The van der Waals surface area contributed by atoms with Crippen molar-refractivity contribution in [1.29, 1.82) is 5.26 Å². The van der Waals surface area contributed by atoms with Crippen molar-refractivity contribution in [2.75, 3.05) is 0 Å². The minimum atomic E-state index is 0.243. The summed E-state index contributed by atoms with van der Waals surface area (Å²) in [7, 11) is 0. The summed E-state index contributed by atoms with van der Waals surface area (Å²) in [5, 5.41) is 17.1. The Morgan fingerprint density at radius 2 is 1.95 bits per heavy atom. The number of ether oxygens (including phenoxy) is 1. The van der Waals surface area contributed by atoms with Crippen LogP contribution < -0.4 is 4.74 Å². The van der Waals surface area contributed by atoms with Crippen LogP contribution in [0, 0.1) is 32.1 Å². The van der Waals surface area contributed by atoms with E-state index < -0.39 is 0 Å². The molecule has 0 radical (unpaired) electrons. The molecule has 2 rings (SSSR count). The number of hydrogen-bond acceptors (Lipinski definition) is 4. The first-order valence-electron chi connectivity index (χ1n) is 5.71. The van der Waals surface area contributed by atoms with Crippen molar-refractivity contribution >= 4 is 15.9 Å². The van der Waals surface area contributed by atoms with Crippen LogP contribution in [-0.2, 0) is 0 Å². The molecule has 0 spiro atoms. The monoisotopic (exact) mass is 317 g/mol. The third-order valence-electron chi connectivity index (χ3n) is 2.88. The first kappa shape index (κ1) is 13.5. The normalized spacial score (nSPS) is 10.1. The summed E-state index contributed by atoms with van der Waals surface area (Å²) < 4.78 is 6.66. The number of benzene rings is 1. The predicted octanol–water partition coefficient (Wildman–Crippen LogP) is 3.83. The van der Waals surface area contributed by atoms with Gasteiger partial charge in [0.2, 0.25) is 0 Å². The van der Waals surface area contributed by atoms with Crippen LogP contribution in [0.5, 0.6) is 11.6 Å². The number of halogens is 1. The van der Waals surface area contributed by atoms with Gasteiger partial charge in [0.1, 0.15) is 17.4 Å². The number of aryl methyl sites for hydroxylation is 2. The van der Waals surface area contributed by atoms with Crippen LogP contribution in [0.15, 0.2) is 22.7 Å². The smallest absolute Gasteiger partial charge is 0.257 e. The first-order chi connectivity index (χ1) is 9.02. The fourth-order valence-corrected chi connectivity index (χ4v) is 1.83. The van der Waals surface area contributed by atoms with Crippen LogP contribution in [0.25, 0.3) is 0 Å². The van der Waals surface area contributed by atoms with Crippen molar-refractivity contribution in [2.24, 2.45) is 0 Å². The number of nitriles is 1. The van der Waals surface area contributed by atoms with Crippen molar-refractivity contribution in [3.8, 4) is 17.7 Å². The molecule has 0 N–H and O–H groups in total. The number of hydrogen-bond donors (Lipinski definition) is 0. The number of nitrogens with zero attached hydrogens (tertiary/aromatic N) is 3. The molecule has 5 heteroatoms. The van der Waals surface area contributed by atoms with E-state index in [1.807, 2.05) is 39.0 Å². The van der Waals surface area contributed by atoms with Gasteiger partial charge in [-0.15, -0.1) is 5.10 Å². The Bertz CT molecular complexity index is 677. The van der Waals surface area contributed by atoms with Gasteiger partial charge in [-0.2, -0.15) is 10.4 Å². The third-order valence-corrected chi connectivity index (χ3v) is 3.77. The van der Waals surface area contributed by atoms with Gasteiger partial charge in [-0.25, -0.2) is 0 Å². The summed E-state index contributed by atoms with van der Waals surface area (Å²) in [4.78, 5) is 0. The highest BCUT2D eigenvalue weighted by Crippen LogP contribution is 2.28. The lowest BCUT2D eigenvalue weighted by Gasteiger charge is -2.09. The van der Waals surface area contributed by atoms with E-state index in [0.29, 0.717) is 11.3 Å². The summed E-state index contributed by atoms with van der Waals surface area (Å²) in [6.45, 7) is 5.62. The van der Waals surface area contributed by atoms with Gasteiger partial charge in [0.05, 0.1) is 5.69 Å². The molecule has 0 aliphatic carbocycles. The second kappa shape index (κ2) is 5.37. The minimum absolute atomic E-state index is 0.243. The Balaban J connectivity index is 2.41. The van der Waals surface area contributed by atoms with Crippen molar-refractivity contribution in [3.63, 3.8) is 0 Å². The van der Waals surface area contributed by atoms with Crippen LogP contribution in [0.2, 0.25) is 0 Å². The number of aromatic nitrogens is 2. The lowest BCUT2D eigenvalue weighted by molar-refractivity contribution is 0.451. The highest BCUT2D eigenvalue weighted by atomic mass is 79.9. The maximum Gasteiger partial charge on any atom is 0.257 e. The van der Waals surface area contributed by atoms with Gasteiger partial charge < -0.3 is 4.74 Å². The largest absolute Gasteiger partial charge is 0.437 e. The Morgan fingerprint density at radius 1 is 1.21 bits per heavy atom. The molecule has 19 heavy (non-hydrogen) atoms. The van der Waals surface area contributed by atoms with Crippen molar-refractivity contribution in [1.82, 2.24) is 10.2 Å². The predicted molar refractivity (Wildman–Crippen MR) is 75.2 cm³/mol. The summed E-state index contributed by atoms with van der Waals surface area (Å²) in [5.41, 5.74) is 3.00. The average molecular weight is 318 g/mol. The fraction of sp³-hybridized carbons (Fsp3) is 0.214. The Hall–Kier alpha value is -1.93. The summed E-state index contributed by atoms with van der Waals surface area (Å²) in [6.07, 6.45) is 0. The van der Waals surface area contributed by atoms with E-state index in [-0.39, 0.29) is 5.88 Å². The van der Waals surface area contributed by atoms with E-state index in [9.17, 15) is 5.26 Å². The summed E-state index contributed by atoms with van der Waals surface area (Å²) >= 11 is 3.43. The average Bonchev–Trinajstić information content (AvgIpc) is 2.39. The van der Waals surface area contributed by atoms with Crippen LogP contribution in [0.4, 0.5) is 0 Å². The van der Waals surface area contributed by atoms with E-state index in [0.717, 1.165) is 21.3 Å². The van der Waals surface area contributed by atoms with E-state index in [4.69, 9.17) is 4.74 Å². The molecule has 0 amide bonds. The Morgan fingerprint density at radius 3 is 2.58 bits per heavy atom. The van der Waals surface area contributed by atoms with Gasteiger partial charge in [0.15, 0.2) is 0 Å². The van der Waals surface area contributed by atoms with Crippen LogP contribution >= 0.6 is 15.9 Å². The molecule has 0 bridgehead atoms. The molecule has 4 nitrogen and oxygen atoms in total. The lowest BCUT2D eigenvalue weighted by Crippen LogP contribution is -2.00. The molecule has 0 unspecified atom stereocenters. The zero-order chi connectivity index (χ0) is 14.0. The molecule has 0 fully saturated rings. The molecule has 1 heterocycles. The zero-order valence-corrected chi connectivity index (χ0v) is 12.4. The Kier molecular flexibility index (Phi) is 3.82. The zero-order valence-electron chi connectivity index (χ0n) is 10.9. The van der Waals surface area contributed by atoms with Crippen molar-refractivity contribution < 1.29 is 4.74 Å². The van der Waals surface area contributed by atoms with E-state index in [1.54, 1.807) is 0 Å². The second-order valence-electron chi connectivity index (χ2n) is 4.22.